The Morgan fingerprint density at radius 3 is 1.27 bits per heavy atom. The molecule has 0 aromatic rings. The highest BCUT2D eigenvalue weighted by atomic mass is 35.5. The average molecular weight is 508 g/mol. The SMILES string of the molecule is CC#CC#CC#CC#CC#CC#CC#CC#CC#C[N+](C)(C)CCC[Si](OC)(OC)OC.[Cl-].[HH].[HH].[HH].[HH].[HH].[HH].[HH].[HH].[HH].[HH].[HH].[HH].[HH].[HH].[HH].[HH].[HH]. The molecule has 0 fully saturated rings. The Morgan fingerprint density at radius 2 is 0.939 bits per heavy atom. The molecular weight excluding hydrogens is 450 g/mol. The summed E-state index contributed by atoms with van der Waals surface area (Å²) in [5.74, 6) is 44.0. The van der Waals surface area contributed by atoms with Crippen LogP contribution in [0.3, 0.4) is 0 Å². The van der Waals surface area contributed by atoms with Crippen LogP contribution in [0.2, 0.25) is 6.04 Å². The molecule has 0 aliphatic carbocycles. The smallest absolute Gasteiger partial charge is 0.500 e. The van der Waals surface area contributed by atoms with Gasteiger partial charge in [-0.25, -0.2) is 0 Å². The fraction of sp³-hybridized carbons (Fsp3) is 0.333. The van der Waals surface area contributed by atoms with Gasteiger partial charge in [-0.2, -0.15) is 0 Å². The first kappa shape index (κ1) is 31.6. The summed E-state index contributed by atoms with van der Waals surface area (Å²) in [4.78, 5) is 0. The highest BCUT2D eigenvalue weighted by molar-refractivity contribution is 6.60. The highest BCUT2D eigenvalue weighted by Gasteiger charge is 2.37. The van der Waals surface area contributed by atoms with Crippen molar-refractivity contribution in [2.75, 3.05) is 42.0 Å². The number of hydrogen-bond donors (Lipinski definition) is 0. The van der Waals surface area contributed by atoms with E-state index < -0.39 is 8.80 Å². The lowest BCUT2D eigenvalue weighted by atomic mass is 10.4. The van der Waals surface area contributed by atoms with Crippen LogP contribution in [0.25, 0.3) is 0 Å². The van der Waals surface area contributed by atoms with Gasteiger partial charge in [-0.05, 0) is 54.3 Å². The van der Waals surface area contributed by atoms with Crippen LogP contribution in [0.5, 0.6) is 0 Å². The number of quaternary nitrogens is 1. The fourth-order valence-corrected chi connectivity index (χ4v) is 3.69. The molecule has 0 unspecified atom stereocenters. The number of hydrogen-bond acceptors (Lipinski definition) is 3. The number of halogens is 1. The van der Waals surface area contributed by atoms with Crippen molar-refractivity contribution in [3.63, 3.8) is 0 Å². The zero-order chi connectivity index (χ0) is 24.0. The molecule has 0 rings (SSSR count). The maximum absolute atomic E-state index is 5.42. The van der Waals surface area contributed by atoms with E-state index in [1.807, 2.05) is 14.1 Å². The van der Waals surface area contributed by atoms with E-state index in [1.54, 1.807) is 28.3 Å². The van der Waals surface area contributed by atoms with Gasteiger partial charge in [0.05, 0.1) is 26.6 Å². The predicted octanol–water partition coefficient (Wildman–Crippen LogP) is 2.53. The lowest BCUT2D eigenvalue weighted by Gasteiger charge is -2.26. The molecule has 0 amide bonds. The van der Waals surface area contributed by atoms with E-state index in [-0.39, 0.29) is 36.7 Å². The second kappa shape index (κ2) is 20.3. The van der Waals surface area contributed by atoms with Crippen molar-refractivity contribution in [1.29, 1.82) is 0 Å². The van der Waals surface area contributed by atoms with Gasteiger partial charge in [0.15, 0.2) is 6.04 Å². The van der Waals surface area contributed by atoms with Crippen LogP contribution < -0.4 is 12.4 Å². The molecule has 0 saturated carbocycles. The Hall–Kier alpha value is -3.61. The molecular formula is C27H58ClNO3Si. The molecule has 0 heterocycles. The maximum Gasteiger partial charge on any atom is 0.500 e. The normalized spacial score (nSPS) is 7.82. The van der Waals surface area contributed by atoms with E-state index in [2.05, 4.69) is 107 Å². The summed E-state index contributed by atoms with van der Waals surface area (Å²) in [5, 5.41) is 0. The van der Waals surface area contributed by atoms with Gasteiger partial charge in [0.25, 0.3) is 0 Å². The molecule has 6 heteroatoms. The first-order valence-corrected chi connectivity index (χ1v) is 11.3. The van der Waals surface area contributed by atoms with Crippen LogP contribution in [-0.2, 0) is 13.3 Å². The summed E-state index contributed by atoms with van der Waals surface area (Å²) >= 11 is 0. The first-order valence-electron chi connectivity index (χ1n) is 9.37. The largest absolute Gasteiger partial charge is 1.00 e. The van der Waals surface area contributed by atoms with E-state index in [1.165, 1.54) is 0 Å². The van der Waals surface area contributed by atoms with Crippen molar-refractivity contribution in [1.82, 2.24) is 0 Å². The summed E-state index contributed by atoms with van der Waals surface area (Å²) in [6, 6.07) is 3.81. The van der Waals surface area contributed by atoms with Crippen LogP contribution in [0.15, 0.2) is 0 Å². The molecule has 0 bridgehead atoms. The monoisotopic (exact) mass is 507 g/mol. The highest BCUT2D eigenvalue weighted by Crippen LogP contribution is 2.16. The van der Waals surface area contributed by atoms with Gasteiger partial charge in [-0.1, -0.05) is 5.92 Å². The third-order valence-corrected chi connectivity index (χ3v) is 6.39. The lowest BCUT2D eigenvalue weighted by Crippen LogP contribution is -3.00. The minimum Gasteiger partial charge on any atom is -1.00 e. The molecule has 200 valence electrons. The van der Waals surface area contributed by atoms with E-state index >= 15 is 0 Å². The average Bonchev–Trinajstić information content (AvgIpc) is 2.79. The van der Waals surface area contributed by atoms with E-state index in [9.17, 15) is 0 Å². The molecule has 0 radical (unpaired) electrons. The Balaban J connectivity index is -0.0000000314. The molecule has 4 nitrogen and oxygen atoms in total. The summed E-state index contributed by atoms with van der Waals surface area (Å²) in [7, 11) is 6.30. The van der Waals surface area contributed by atoms with Gasteiger partial charge in [-0.3, -0.25) is 4.48 Å². The zero-order valence-electron chi connectivity index (χ0n) is 19.7. The van der Waals surface area contributed by atoms with Crippen LogP contribution in [-0.4, -0.2) is 55.3 Å². The molecule has 0 aliphatic rings. The van der Waals surface area contributed by atoms with Crippen LogP contribution in [0, 0.1) is 107 Å². The maximum atomic E-state index is 5.42. The van der Waals surface area contributed by atoms with Crippen LogP contribution in [0.4, 0.5) is 0 Å². The van der Waals surface area contributed by atoms with Gasteiger partial charge >= 0.3 is 8.80 Å². The third-order valence-electron chi connectivity index (χ3n) is 3.55. The zero-order valence-corrected chi connectivity index (χ0v) is 21.4. The molecule has 0 aliphatic heterocycles. The standard InChI is InChI=1S/C27H24NO3Si.ClH.17H2/c1-7-8-9-10-11-12-13-14-15-16-17-18-19-20-21-22-23-25-28(2,3)26-24-27-32(29-4,30-5)31-6;;;;;;;;;;;;;;;;;;/h24,26-27H2,1-6H3;18*1H/q+1;;;;;;;;;;;;;;;;;;/p-1. The summed E-state index contributed by atoms with van der Waals surface area (Å²) < 4.78 is 16.8. The van der Waals surface area contributed by atoms with Crippen molar-refractivity contribution in [3.05, 3.63) is 0 Å². The summed E-state index contributed by atoms with van der Waals surface area (Å²) in [5.41, 5.74) is 0. The van der Waals surface area contributed by atoms with Crippen LogP contribution in [0.1, 0.15) is 37.6 Å². The minimum atomic E-state index is -2.54. The Bertz CT molecular complexity index is 1250. The van der Waals surface area contributed by atoms with Crippen molar-refractivity contribution in [2.24, 2.45) is 0 Å². The van der Waals surface area contributed by atoms with Gasteiger partial charge in [0, 0.05) is 99.5 Å². The van der Waals surface area contributed by atoms with Gasteiger partial charge in [0.2, 0.25) is 0 Å². The van der Waals surface area contributed by atoms with E-state index in [0.29, 0.717) is 4.48 Å². The number of nitrogens with zero attached hydrogens (tertiary/aromatic N) is 1. The second-order valence-electron chi connectivity index (χ2n) is 6.17. The molecule has 0 aromatic heterocycles. The van der Waals surface area contributed by atoms with Crippen molar-refractivity contribution in [3.8, 4) is 107 Å². The van der Waals surface area contributed by atoms with Gasteiger partial charge in [0.1, 0.15) is 0 Å². The van der Waals surface area contributed by atoms with E-state index in [4.69, 9.17) is 13.3 Å². The molecule has 0 spiro atoms. The van der Waals surface area contributed by atoms with Crippen LogP contribution >= 0.6 is 0 Å². The minimum absolute atomic E-state index is 0. The summed E-state index contributed by atoms with van der Waals surface area (Å²) in [6.07, 6.45) is 0.854. The molecule has 0 saturated heterocycles. The van der Waals surface area contributed by atoms with Crippen molar-refractivity contribution < 1.29 is 54.4 Å². The first-order chi connectivity index (χ1) is 15.4. The van der Waals surface area contributed by atoms with Crippen molar-refractivity contribution >= 4 is 8.80 Å². The molecule has 0 aromatic carbocycles. The Kier molecular flexibility index (Phi) is 19.4. The number of rotatable bonds is 7. The lowest BCUT2D eigenvalue weighted by molar-refractivity contribution is -0.822. The van der Waals surface area contributed by atoms with E-state index in [0.717, 1.165) is 19.0 Å². The summed E-state index contributed by atoms with van der Waals surface area (Å²) in [6.45, 7) is 2.51. The molecule has 33 heavy (non-hydrogen) atoms. The second-order valence-corrected chi connectivity index (χ2v) is 9.26. The Labute approximate surface area is 232 Å². The molecule has 0 atom stereocenters. The quantitative estimate of drug-likeness (QED) is 0.301. The fourth-order valence-electron chi connectivity index (χ4n) is 1.98. The Morgan fingerprint density at radius 1 is 0.606 bits per heavy atom. The molecule has 0 N–H and O–H groups in total. The third kappa shape index (κ3) is 17.7. The predicted molar refractivity (Wildman–Crippen MR) is 165 cm³/mol. The topological polar surface area (TPSA) is 27.7 Å². The van der Waals surface area contributed by atoms with Crippen molar-refractivity contribution in [2.45, 2.75) is 19.4 Å². The van der Waals surface area contributed by atoms with Gasteiger partial charge in [-0.15, -0.1) is 0 Å². The van der Waals surface area contributed by atoms with Gasteiger partial charge < -0.3 is 25.7 Å².